The number of nitrogens with zero attached hydrogens (tertiary/aromatic N) is 4. The van der Waals surface area contributed by atoms with Gasteiger partial charge in [0.05, 0.1) is 17.6 Å². The summed E-state index contributed by atoms with van der Waals surface area (Å²) in [7, 11) is 0. The van der Waals surface area contributed by atoms with E-state index in [1.54, 1.807) is 13.0 Å². The molecule has 3 heterocycles. The lowest BCUT2D eigenvalue weighted by atomic mass is 10.0. The molecule has 0 spiro atoms. The normalized spacial score (nSPS) is 13.1. The molecule has 3 N–H and O–H groups in total. The van der Waals surface area contributed by atoms with Gasteiger partial charge in [0.2, 0.25) is 0 Å². The van der Waals surface area contributed by atoms with Gasteiger partial charge in [-0.2, -0.15) is 0 Å². The molecule has 0 radical (unpaired) electrons. The number of fused-ring (bicyclic) bond motifs is 1. The summed E-state index contributed by atoms with van der Waals surface area (Å²) >= 11 is 0. The molecule has 0 saturated carbocycles. The van der Waals surface area contributed by atoms with Crippen LogP contribution in [0.5, 0.6) is 0 Å². The number of rotatable bonds is 3. The summed E-state index contributed by atoms with van der Waals surface area (Å²) in [4.78, 5) is 6.47. The van der Waals surface area contributed by atoms with Crippen molar-refractivity contribution in [2.75, 3.05) is 16.8 Å². The zero-order valence-corrected chi connectivity index (χ0v) is 17.9. The largest absolute Gasteiger partial charge is 0.352 e. The van der Waals surface area contributed by atoms with Crippen LogP contribution < -0.4 is 15.7 Å². The zero-order chi connectivity index (χ0) is 23.2. The number of hydrogen-bond acceptors (Lipinski definition) is 6. The van der Waals surface area contributed by atoms with E-state index >= 15 is 0 Å². The molecule has 1 aliphatic rings. The van der Waals surface area contributed by atoms with Crippen LogP contribution in [0.2, 0.25) is 0 Å². The molecule has 7 nitrogen and oxygen atoms in total. The average molecular weight is 441 g/mol. The van der Waals surface area contributed by atoms with E-state index in [4.69, 9.17) is 10.8 Å². The standard InChI is InChI=1S/C22H22F3N7/c1-11-12(2)22(30-32(13(3)26)21(11)27)31-5-4-18-14(10-31)6-16(9-28-18)29-19-8-15(23)7-17(24)20(19)25/h6-9,26-27,29H,4-5,10H2,1-3H3. The Labute approximate surface area is 182 Å². The molecule has 32 heavy (non-hydrogen) atoms. The second-order valence-corrected chi connectivity index (χ2v) is 7.79. The van der Waals surface area contributed by atoms with E-state index in [1.807, 2.05) is 18.7 Å². The molecule has 1 aromatic carbocycles. The highest BCUT2D eigenvalue weighted by Crippen LogP contribution is 2.28. The number of aromatic nitrogens is 3. The van der Waals surface area contributed by atoms with E-state index in [0.717, 1.165) is 28.5 Å². The highest BCUT2D eigenvalue weighted by molar-refractivity contribution is 5.78. The molecule has 0 aliphatic carbocycles. The Morgan fingerprint density at radius 2 is 1.88 bits per heavy atom. The Balaban J connectivity index is 1.67. The molecule has 2 aromatic heterocycles. The molecule has 0 amide bonds. The van der Waals surface area contributed by atoms with Crippen LogP contribution in [-0.4, -0.2) is 27.1 Å². The van der Waals surface area contributed by atoms with Gasteiger partial charge in [0.25, 0.3) is 0 Å². The highest BCUT2D eigenvalue weighted by Gasteiger charge is 2.23. The van der Waals surface area contributed by atoms with Gasteiger partial charge in [-0.25, -0.2) is 17.9 Å². The van der Waals surface area contributed by atoms with Crippen LogP contribution in [0.15, 0.2) is 24.4 Å². The number of pyridine rings is 1. The lowest BCUT2D eigenvalue weighted by Gasteiger charge is -2.31. The second kappa shape index (κ2) is 8.10. The Kier molecular flexibility index (Phi) is 5.45. The van der Waals surface area contributed by atoms with Crippen LogP contribution in [0, 0.1) is 42.1 Å². The van der Waals surface area contributed by atoms with Gasteiger partial charge >= 0.3 is 0 Å². The van der Waals surface area contributed by atoms with E-state index in [0.29, 0.717) is 37.1 Å². The predicted octanol–water partition coefficient (Wildman–Crippen LogP) is 3.94. The lowest BCUT2D eigenvalue weighted by Crippen LogP contribution is -2.37. The van der Waals surface area contributed by atoms with Crippen molar-refractivity contribution < 1.29 is 13.2 Å². The van der Waals surface area contributed by atoms with Gasteiger partial charge in [0.15, 0.2) is 22.9 Å². The molecule has 0 bridgehead atoms. The summed E-state index contributed by atoms with van der Waals surface area (Å²) in [5.74, 6) is -2.49. The summed E-state index contributed by atoms with van der Waals surface area (Å²) in [6, 6.07) is 3.15. The second-order valence-electron chi connectivity index (χ2n) is 7.79. The van der Waals surface area contributed by atoms with Gasteiger partial charge in [-0.1, -0.05) is 0 Å². The first-order valence-corrected chi connectivity index (χ1v) is 10.0. The van der Waals surface area contributed by atoms with Gasteiger partial charge < -0.3 is 10.2 Å². The van der Waals surface area contributed by atoms with Crippen molar-refractivity contribution >= 4 is 23.0 Å². The van der Waals surface area contributed by atoms with Crippen LogP contribution in [-0.2, 0) is 13.0 Å². The number of hydrogen-bond donors (Lipinski definition) is 3. The molecular weight excluding hydrogens is 419 g/mol. The molecule has 4 rings (SSSR count). The van der Waals surface area contributed by atoms with Gasteiger partial charge in [0, 0.05) is 42.9 Å². The third-order valence-electron chi connectivity index (χ3n) is 5.59. The number of halogens is 3. The van der Waals surface area contributed by atoms with Gasteiger partial charge in [-0.05, 0) is 38.0 Å². The molecule has 0 atom stereocenters. The first kappa shape index (κ1) is 21.5. The third-order valence-corrected chi connectivity index (χ3v) is 5.59. The molecule has 0 saturated heterocycles. The first-order valence-electron chi connectivity index (χ1n) is 10.0. The van der Waals surface area contributed by atoms with Crippen molar-refractivity contribution in [1.82, 2.24) is 14.8 Å². The van der Waals surface area contributed by atoms with E-state index in [1.165, 1.54) is 10.9 Å². The van der Waals surface area contributed by atoms with Crippen LogP contribution in [0.1, 0.15) is 29.3 Å². The van der Waals surface area contributed by atoms with E-state index < -0.39 is 17.5 Å². The van der Waals surface area contributed by atoms with Crippen LogP contribution in [0.3, 0.4) is 0 Å². The Morgan fingerprint density at radius 1 is 1.12 bits per heavy atom. The van der Waals surface area contributed by atoms with Crippen molar-refractivity contribution in [1.29, 1.82) is 10.8 Å². The highest BCUT2D eigenvalue weighted by atomic mass is 19.2. The third kappa shape index (κ3) is 3.83. The smallest absolute Gasteiger partial charge is 0.182 e. The predicted molar refractivity (Wildman–Crippen MR) is 115 cm³/mol. The van der Waals surface area contributed by atoms with E-state index in [9.17, 15) is 13.2 Å². The minimum Gasteiger partial charge on any atom is -0.352 e. The van der Waals surface area contributed by atoms with E-state index in [-0.39, 0.29) is 17.0 Å². The van der Waals surface area contributed by atoms with Crippen LogP contribution >= 0.6 is 0 Å². The Morgan fingerprint density at radius 3 is 2.59 bits per heavy atom. The number of nitrogens with one attached hydrogen (secondary N) is 3. The average Bonchev–Trinajstić information content (AvgIpc) is 2.75. The lowest BCUT2D eigenvalue weighted by molar-refractivity contribution is 0.498. The molecule has 166 valence electrons. The zero-order valence-electron chi connectivity index (χ0n) is 17.9. The summed E-state index contributed by atoms with van der Waals surface area (Å²) in [6.45, 7) is 6.41. The minimum absolute atomic E-state index is 0.147. The number of benzene rings is 1. The molecular formula is C22H22F3N7. The topological polar surface area (TPSA) is 93.7 Å². The fraction of sp³-hybridized carbons (Fsp3) is 0.273. The van der Waals surface area contributed by atoms with Crippen molar-refractivity contribution in [2.45, 2.75) is 33.7 Å². The Bertz CT molecular complexity index is 1300. The van der Waals surface area contributed by atoms with Crippen molar-refractivity contribution in [3.63, 3.8) is 0 Å². The van der Waals surface area contributed by atoms with Gasteiger partial charge in [-0.3, -0.25) is 15.8 Å². The maximum Gasteiger partial charge on any atom is 0.182 e. The molecule has 0 fully saturated rings. The Hall–Kier alpha value is -3.69. The van der Waals surface area contributed by atoms with Crippen LogP contribution in [0.25, 0.3) is 0 Å². The fourth-order valence-corrected chi connectivity index (χ4v) is 3.74. The molecule has 10 heteroatoms. The quantitative estimate of drug-likeness (QED) is 0.326. The fourth-order valence-electron chi connectivity index (χ4n) is 3.74. The summed E-state index contributed by atoms with van der Waals surface area (Å²) in [5.41, 5.74) is 3.61. The van der Waals surface area contributed by atoms with Gasteiger partial charge in [-0.15, -0.1) is 5.10 Å². The monoisotopic (exact) mass is 441 g/mol. The van der Waals surface area contributed by atoms with Crippen LogP contribution in [0.4, 0.5) is 30.4 Å². The molecule has 3 aromatic rings. The summed E-state index contributed by atoms with van der Waals surface area (Å²) in [5, 5.41) is 23.3. The number of anilines is 3. The van der Waals surface area contributed by atoms with Crippen molar-refractivity contribution in [3.8, 4) is 0 Å². The summed E-state index contributed by atoms with van der Waals surface area (Å²) in [6.07, 6.45) is 2.15. The van der Waals surface area contributed by atoms with Crippen molar-refractivity contribution in [3.05, 3.63) is 69.7 Å². The summed E-state index contributed by atoms with van der Waals surface area (Å²) < 4.78 is 42.4. The first-order chi connectivity index (χ1) is 15.2. The molecule has 0 unspecified atom stereocenters. The minimum atomic E-state index is -1.27. The maximum atomic E-state index is 14.0. The van der Waals surface area contributed by atoms with E-state index in [2.05, 4.69) is 15.4 Å². The molecule has 1 aliphatic heterocycles. The van der Waals surface area contributed by atoms with Crippen molar-refractivity contribution in [2.24, 2.45) is 0 Å². The maximum absolute atomic E-state index is 14.0. The van der Waals surface area contributed by atoms with Gasteiger partial charge in [0.1, 0.15) is 11.7 Å². The SMILES string of the molecule is CC(=N)n1nc(N2CCc3ncc(Nc4cc(F)cc(F)c4F)cc3C2)c(C)c(C)c1=N.